The average Bonchev–Trinajstić information content (AvgIpc) is 2.99. The van der Waals surface area contributed by atoms with Crippen LogP contribution in [0.15, 0.2) is 0 Å². The van der Waals surface area contributed by atoms with E-state index in [1.165, 1.54) is 141 Å². The normalized spacial score (nSPS) is 13.1. The molecular formula is C36H74MgO8S2. The first kappa shape index (κ1) is 51.9. The van der Waals surface area contributed by atoms with Crippen LogP contribution >= 0.6 is 0 Å². The SMILES string of the molecule is CCCCCCCCCCCCCCCC(O)CCS(=O)(=O)[O-].CCCCCCCCCCCCCCCC(O)CCS(=O)(=O)[O-].[Mg+2]. The summed E-state index contributed by atoms with van der Waals surface area (Å²) in [5.41, 5.74) is 0. The molecule has 280 valence electrons. The van der Waals surface area contributed by atoms with E-state index in [0.29, 0.717) is 12.8 Å². The van der Waals surface area contributed by atoms with E-state index in [9.17, 15) is 36.2 Å². The smallest absolute Gasteiger partial charge is 0.748 e. The van der Waals surface area contributed by atoms with E-state index in [0.717, 1.165) is 25.7 Å². The van der Waals surface area contributed by atoms with Crippen LogP contribution in [-0.4, -0.2) is 82.9 Å². The molecule has 0 aliphatic carbocycles. The van der Waals surface area contributed by atoms with Crippen molar-refractivity contribution in [2.45, 2.75) is 219 Å². The van der Waals surface area contributed by atoms with Crippen LogP contribution in [0.3, 0.4) is 0 Å². The predicted molar refractivity (Wildman–Crippen MR) is 197 cm³/mol. The van der Waals surface area contributed by atoms with Crippen LogP contribution < -0.4 is 0 Å². The number of hydrogen-bond acceptors (Lipinski definition) is 8. The second-order valence-electron chi connectivity index (χ2n) is 13.5. The first-order valence-electron chi connectivity index (χ1n) is 19.1. The van der Waals surface area contributed by atoms with Crippen LogP contribution in [-0.2, 0) is 20.2 Å². The van der Waals surface area contributed by atoms with Gasteiger partial charge < -0.3 is 19.3 Å². The van der Waals surface area contributed by atoms with Gasteiger partial charge in [0.25, 0.3) is 0 Å². The first-order valence-corrected chi connectivity index (χ1v) is 22.3. The molecule has 0 amide bonds. The van der Waals surface area contributed by atoms with Gasteiger partial charge in [-0.2, -0.15) is 0 Å². The Kier molecular flexibility index (Phi) is 41.7. The van der Waals surface area contributed by atoms with Gasteiger partial charge >= 0.3 is 23.1 Å². The largest absolute Gasteiger partial charge is 2.00 e. The Morgan fingerprint density at radius 1 is 0.383 bits per heavy atom. The van der Waals surface area contributed by atoms with Gasteiger partial charge in [-0.15, -0.1) is 0 Å². The molecule has 0 aromatic heterocycles. The van der Waals surface area contributed by atoms with Crippen molar-refractivity contribution in [2.24, 2.45) is 0 Å². The van der Waals surface area contributed by atoms with E-state index >= 15 is 0 Å². The van der Waals surface area contributed by atoms with Gasteiger partial charge in [-0.1, -0.05) is 181 Å². The fourth-order valence-corrected chi connectivity index (χ4v) is 6.77. The maximum Gasteiger partial charge on any atom is 2.00 e. The molecule has 2 N–H and O–H groups in total. The van der Waals surface area contributed by atoms with E-state index in [1.807, 2.05) is 0 Å². The van der Waals surface area contributed by atoms with Gasteiger partial charge in [-0.25, -0.2) is 16.8 Å². The minimum atomic E-state index is -4.19. The quantitative estimate of drug-likeness (QED) is 0.0379. The number of aliphatic hydroxyl groups excluding tert-OH is 2. The Hall–Kier alpha value is 0.506. The molecule has 0 radical (unpaired) electrons. The zero-order valence-corrected chi connectivity index (χ0v) is 33.7. The van der Waals surface area contributed by atoms with Crippen molar-refractivity contribution in [1.29, 1.82) is 0 Å². The fourth-order valence-electron chi connectivity index (χ4n) is 5.64. The topological polar surface area (TPSA) is 155 Å². The van der Waals surface area contributed by atoms with Crippen molar-refractivity contribution >= 4 is 43.3 Å². The minimum Gasteiger partial charge on any atom is -0.748 e. The van der Waals surface area contributed by atoms with Gasteiger partial charge in [0, 0.05) is 11.5 Å². The summed E-state index contributed by atoms with van der Waals surface area (Å²) in [7, 11) is -8.37. The second kappa shape index (κ2) is 37.8. The van der Waals surface area contributed by atoms with Crippen molar-refractivity contribution in [2.75, 3.05) is 11.5 Å². The zero-order valence-electron chi connectivity index (χ0n) is 30.6. The van der Waals surface area contributed by atoms with Crippen LogP contribution in [0, 0.1) is 0 Å². The van der Waals surface area contributed by atoms with Gasteiger partial charge in [0.05, 0.1) is 32.4 Å². The summed E-state index contributed by atoms with van der Waals surface area (Å²) in [6.07, 6.45) is 33.4. The Bertz CT molecular complexity index is 757. The molecule has 0 saturated carbocycles. The minimum absolute atomic E-state index is 0. The molecule has 0 aliphatic heterocycles. The molecule has 47 heavy (non-hydrogen) atoms. The molecule has 0 aromatic carbocycles. The first-order chi connectivity index (χ1) is 21.9. The van der Waals surface area contributed by atoms with Crippen molar-refractivity contribution in [3.05, 3.63) is 0 Å². The molecular weight excluding hydrogens is 649 g/mol. The van der Waals surface area contributed by atoms with Crippen LogP contribution in [0.1, 0.15) is 206 Å². The van der Waals surface area contributed by atoms with Gasteiger partial charge in [-0.3, -0.25) is 0 Å². The Morgan fingerprint density at radius 3 is 0.766 bits per heavy atom. The Labute approximate surface area is 308 Å². The third-order valence-corrected chi connectivity index (χ3v) is 10.2. The second-order valence-corrected chi connectivity index (χ2v) is 16.5. The fraction of sp³-hybridized carbons (Fsp3) is 1.00. The maximum absolute atomic E-state index is 10.5. The molecule has 0 aliphatic rings. The number of hydrogen-bond donors (Lipinski definition) is 2. The maximum atomic E-state index is 10.5. The summed E-state index contributed by atoms with van der Waals surface area (Å²) in [4.78, 5) is 0. The molecule has 0 spiro atoms. The van der Waals surface area contributed by atoms with Crippen LogP contribution in [0.25, 0.3) is 0 Å². The molecule has 8 nitrogen and oxygen atoms in total. The third kappa shape index (κ3) is 51.0. The van der Waals surface area contributed by atoms with Crippen molar-refractivity contribution in [3.63, 3.8) is 0 Å². The molecule has 11 heteroatoms. The molecule has 2 atom stereocenters. The van der Waals surface area contributed by atoms with Gasteiger partial charge in [0.1, 0.15) is 0 Å². The van der Waals surface area contributed by atoms with Crippen LogP contribution in [0.5, 0.6) is 0 Å². The summed E-state index contributed by atoms with van der Waals surface area (Å²) in [5.74, 6) is -0.904. The van der Waals surface area contributed by atoms with E-state index in [1.54, 1.807) is 0 Å². The predicted octanol–water partition coefficient (Wildman–Crippen LogP) is 9.15. The zero-order chi connectivity index (χ0) is 34.8. The molecule has 0 rings (SSSR count). The molecule has 0 aromatic rings. The Balaban J connectivity index is -0.000000807. The van der Waals surface area contributed by atoms with Crippen molar-refractivity contribution < 1.29 is 36.2 Å². The average molecular weight is 723 g/mol. The summed E-state index contributed by atoms with van der Waals surface area (Å²) in [5, 5.41) is 19.2. The van der Waals surface area contributed by atoms with Gasteiger partial charge in [0.15, 0.2) is 0 Å². The Morgan fingerprint density at radius 2 is 0.574 bits per heavy atom. The van der Waals surface area contributed by atoms with Gasteiger partial charge in [0.2, 0.25) is 0 Å². The van der Waals surface area contributed by atoms with E-state index < -0.39 is 43.9 Å². The van der Waals surface area contributed by atoms with Gasteiger partial charge in [-0.05, 0) is 25.7 Å². The molecule has 0 saturated heterocycles. The monoisotopic (exact) mass is 722 g/mol. The van der Waals surface area contributed by atoms with E-state index in [-0.39, 0.29) is 35.9 Å². The number of unbranched alkanes of at least 4 members (excludes halogenated alkanes) is 24. The van der Waals surface area contributed by atoms with E-state index in [4.69, 9.17) is 0 Å². The van der Waals surface area contributed by atoms with Crippen LogP contribution in [0.2, 0.25) is 0 Å². The molecule has 0 heterocycles. The summed E-state index contributed by atoms with van der Waals surface area (Å²) >= 11 is 0. The van der Waals surface area contributed by atoms with Crippen molar-refractivity contribution in [1.82, 2.24) is 0 Å². The third-order valence-electron chi connectivity index (χ3n) is 8.68. The number of rotatable bonds is 34. The molecule has 2 unspecified atom stereocenters. The summed E-state index contributed by atoms with van der Waals surface area (Å²) in [6.45, 7) is 4.50. The van der Waals surface area contributed by atoms with Crippen LogP contribution in [0.4, 0.5) is 0 Å². The van der Waals surface area contributed by atoms with E-state index in [2.05, 4.69) is 13.8 Å². The summed E-state index contributed by atoms with van der Waals surface area (Å²) in [6, 6.07) is 0. The summed E-state index contributed by atoms with van der Waals surface area (Å²) < 4.78 is 62.7. The standard InChI is InChI=1S/2C18H38O4S.Mg/c2*1-2-3-4-5-6-7-8-9-10-11-12-13-14-15-18(19)16-17-23(20,21)22;/h2*18-19H,2-17H2,1H3,(H,20,21,22);/q;;+2/p-2. The number of aliphatic hydroxyl groups is 2. The molecule has 0 fully saturated rings. The molecule has 0 bridgehead atoms. The van der Waals surface area contributed by atoms with Crippen molar-refractivity contribution in [3.8, 4) is 0 Å².